The van der Waals surface area contributed by atoms with Crippen molar-refractivity contribution in [2.75, 3.05) is 6.61 Å². The molecule has 0 radical (unpaired) electrons. The van der Waals surface area contributed by atoms with Crippen molar-refractivity contribution in [2.45, 2.75) is 46.7 Å². The Labute approximate surface area is 97.0 Å². The van der Waals surface area contributed by atoms with Gasteiger partial charge in [-0.2, -0.15) is 0 Å². The number of alkyl carbamates (subject to hydrolysis) is 1. The van der Waals surface area contributed by atoms with Crippen LogP contribution < -0.4 is 5.32 Å². The van der Waals surface area contributed by atoms with E-state index >= 15 is 0 Å². The van der Waals surface area contributed by atoms with E-state index in [4.69, 9.17) is 17.0 Å². The average Bonchev–Trinajstić information content (AvgIpc) is 2.01. The maximum absolute atomic E-state index is 11.2. The lowest BCUT2D eigenvalue weighted by Crippen LogP contribution is -2.49. The second kappa shape index (κ2) is 6.61. The molecule has 0 saturated heterocycles. The van der Waals surface area contributed by atoms with E-state index in [0.29, 0.717) is 11.7 Å². The number of carbonyl (C=O) groups excluding carboxylic acids is 1. The van der Waals surface area contributed by atoms with Crippen molar-refractivity contribution < 1.29 is 9.53 Å². The number of rotatable bonds is 3. The van der Waals surface area contributed by atoms with Crippen molar-refractivity contribution in [1.82, 2.24) is 10.2 Å². The molecule has 0 aromatic heterocycles. The van der Waals surface area contributed by atoms with Gasteiger partial charge in [-0.15, -0.1) is 0 Å². The van der Waals surface area contributed by atoms with Gasteiger partial charge in [-0.05, 0) is 46.8 Å². The highest BCUT2D eigenvalue weighted by Crippen LogP contribution is 2.05. The molecule has 0 atom stereocenters. The average molecular weight is 232 g/mol. The zero-order valence-corrected chi connectivity index (χ0v) is 10.9. The second-order valence-electron chi connectivity index (χ2n) is 3.75. The first-order chi connectivity index (χ1) is 6.90. The number of carbonyl (C=O) groups is 1. The van der Waals surface area contributed by atoms with Gasteiger partial charge in [-0.25, -0.2) is 4.79 Å². The van der Waals surface area contributed by atoms with Crippen molar-refractivity contribution >= 4 is 23.4 Å². The van der Waals surface area contributed by atoms with Gasteiger partial charge in [0.2, 0.25) is 0 Å². The molecule has 0 fully saturated rings. The molecule has 0 heterocycles. The number of thiocarbonyl (C=S) groups is 1. The molecule has 1 amide bonds. The Kier molecular flexibility index (Phi) is 6.24. The van der Waals surface area contributed by atoms with Crippen LogP contribution in [-0.4, -0.2) is 34.8 Å². The van der Waals surface area contributed by atoms with Gasteiger partial charge in [-0.3, -0.25) is 5.32 Å². The maximum atomic E-state index is 11.2. The van der Waals surface area contributed by atoms with Crippen LogP contribution in [0.1, 0.15) is 34.6 Å². The predicted octanol–water partition coefficient (Wildman–Crippen LogP) is 2.14. The summed E-state index contributed by atoms with van der Waals surface area (Å²) in [6.07, 6.45) is -0.492. The van der Waals surface area contributed by atoms with Crippen molar-refractivity contribution in [2.24, 2.45) is 0 Å². The summed E-state index contributed by atoms with van der Waals surface area (Å²) >= 11 is 5.13. The summed E-state index contributed by atoms with van der Waals surface area (Å²) in [7, 11) is 0. The summed E-state index contributed by atoms with van der Waals surface area (Å²) < 4.78 is 4.76. The van der Waals surface area contributed by atoms with Crippen molar-refractivity contribution in [3.8, 4) is 0 Å². The third-order valence-electron chi connectivity index (χ3n) is 1.83. The fraction of sp³-hybridized carbons (Fsp3) is 0.800. The molecule has 0 aliphatic heterocycles. The SMILES string of the molecule is CCOC(=O)NC(=S)N(C(C)C)C(C)C. The topological polar surface area (TPSA) is 41.6 Å². The molecule has 0 aromatic carbocycles. The molecule has 0 saturated carbocycles. The summed E-state index contributed by atoms with van der Waals surface area (Å²) in [4.78, 5) is 13.1. The minimum atomic E-state index is -0.492. The molecule has 0 aliphatic carbocycles. The van der Waals surface area contributed by atoms with Crippen LogP contribution >= 0.6 is 12.2 Å². The molecule has 0 bridgehead atoms. The zero-order chi connectivity index (χ0) is 12.0. The van der Waals surface area contributed by atoms with Gasteiger partial charge in [0.25, 0.3) is 0 Å². The van der Waals surface area contributed by atoms with Crippen LogP contribution in [0.4, 0.5) is 4.79 Å². The van der Waals surface area contributed by atoms with E-state index in [-0.39, 0.29) is 12.1 Å². The largest absolute Gasteiger partial charge is 0.450 e. The summed E-state index contributed by atoms with van der Waals surface area (Å²) in [5.74, 6) is 0. The third kappa shape index (κ3) is 4.97. The molecule has 15 heavy (non-hydrogen) atoms. The molecule has 88 valence electrons. The summed E-state index contributed by atoms with van der Waals surface area (Å²) in [6.45, 7) is 10.2. The van der Waals surface area contributed by atoms with Gasteiger partial charge < -0.3 is 9.64 Å². The van der Waals surface area contributed by atoms with E-state index in [1.165, 1.54) is 0 Å². The van der Waals surface area contributed by atoms with E-state index in [1.54, 1.807) is 6.92 Å². The highest BCUT2D eigenvalue weighted by atomic mass is 32.1. The smallest absolute Gasteiger partial charge is 0.413 e. The molecule has 5 heteroatoms. The lowest BCUT2D eigenvalue weighted by atomic mass is 10.2. The van der Waals surface area contributed by atoms with Crippen molar-refractivity contribution in [1.29, 1.82) is 0 Å². The Bertz CT molecular complexity index is 221. The van der Waals surface area contributed by atoms with Crippen LogP contribution in [0.15, 0.2) is 0 Å². The number of hydrogen-bond donors (Lipinski definition) is 1. The predicted molar refractivity (Wildman–Crippen MR) is 64.9 cm³/mol. The minimum absolute atomic E-state index is 0.249. The van der Waals surface area contributed by atoms with E-state index in [9.17, 15) is 4.79 Å². The van der Waals surface area contributed by atoms with E-state index in [2.05, 4.69) is 5.32 Å². The number of hydrogen-bond acceptors (Lipinski definition) is 3. The van der Waals surface area contributed by atoms with Crippen LogP contribution in [0.2, 0.25) is 0 Å². The van der Waals surface area contributed by atoms with Gasteiger partial charge in [0.1, 0.15) is 0 Å². The molecule has 0 spiro atoms. The number of ether oxygens (including phenoxy) is 1. The molecule has 1 N–H and O–H groups in total. The first-order valence-electron chi connectivity index (χ1n) is 5.16. The van der Waals surface area contributed by atoms with Gasteiger partial charge >= 0.3 is 6.09 Å². The number of amides is 1. The second-order valence-corrected chi connectivity index (χ2v) is 4.13. The molecule has 4 nitrogen and oxygen atoms in total. The van der Waals surface area contributed by atoms with Crippen LogP contribution in [-0.2, 0) is 4.74 Å². The van der Waals surface area contributed by atoms with Gasteiger partial charge in [0.05, 0.1) is 6.61 Å². The van der Waals surface area contributed by atoms with E-state index in [1.807, 2.05) is 32.6 Å². The quantitative estimate of drug-likeness (QED) is 0.757. The third-order valence-corrected chi connectivity index (χ3v) is 2.14. The summed E-state index contributed by atoms with van der Waals surface area (Å²) in [5.41, 5.74) is 0. The Balaban J connectivity index is 4.33. The highest BCUT2D eigenvalue weighted by molar-refractivity contribution is 7.80. The number of nitrogens with zero attached hydrogens (tertiary/aromatic N) is 1. The van der Waals surface area contributed by atoms with Gasteiger partial charge in [0, 0.05) is 12.1 Å². The Hall–Kier alpha value is -0.840. The zero-order valence-electron chi connectivity index (χ0n) is 10.0. The molecule has 0 unspecified atom stereocenters. The monoisotopic (exact) mass is 232 g/mol. The first kappa shape index (κ1) is 14.2. The van der Waals surface area contributed by atoms with Gasteiger partial charge in [-0.1, -0.05) is 0 Å². The van der Waals surface area contributed by atoms with E-state index in [0.717, 1.165) is 0 Å². The molecule has 0 aromatic rings. The van der Waals surface area contributed by atoms with E-state index < -0.39 is 6.09 Å². The Morgan fingerprint density at radius 2 is 1.80 bits per heavy atom. The lowest BCUT2D eigenvalue weighted by molar-refractivity contribution is 0.155. The standard InChI is InChI=1S/C10H20N2O2S/c1-6-14-10(13)11-9(15)12(7(2)3)8(4)5/h7-8H,6H2,1-5H3,(H,11,13,15). The van der Waals surface area contributed by atoms with Crippen LogP contribution in [0, 0.1) is 0 Å². The fourth-order valence-electron chi connectivity index (χ4n) is 1.38. The Morgan fingerprint density at radius 1 is 1.33 bits per heavy atom. The fourth-order valence-corrected chi connectivity index (χ4v) is 1.89. The van der Waals surface area contributed by atoms with Crippen LogP contribution in [0.5, 0.6) is 0 Å². The minimum Gasteiger partial charge on any atom is -0.450 e. The summed E-state index contributed by atoms with van der Waals surface area (Å²) in [5, 5.41) is 2.96. The normalized spacial score (nSPS) is 10.3. The van der Waals surface area contributed by atoms with Crippen LogP contribution in [0.25, 0.3) is 0 Å². The number of nitrogens with one attached hydrogen (secondary N) is 1. The molecular formula is C10H20N2O2S. The molecular weight excluding hydrogens is 212 g/mol. The first-order valence-corrected chi connectivity index (χ1v) is 5.57. The Morgan fingerprint density at radius 3 is 2.13 bits per heavy atom. The molecule has 0 rings (SSSR count). The summed E-state index contributed by atoms with van der Waals surface area (Å²) in [6, 6.07) is 0.499. The van der Waals surface area contributed by atoms with Crippen molar-refractivity contribution in [3.05, 3.63) is 0 Å². The van der Waals surface area contributed by atoms with Crippen LogP contribution in [0.3, 0.4) is 0 Å². The van der Waals surface area contributed by atoms with Crippen molar-refractivity contribution in [3.63, 3.8) is 0 Å². The lowest BCUT2D eigenvalue weighted by Gasteiger charge is -2.32. The highest BCUT2D eigenvalue weighted by Gasteiger charge is 2.18. The molecule has 0 aliphatic rings. The maximum Gasteiger partial charge on any atom is 0.413 e. The van der Waals surface area contributed by atoms with Gasteiger partial charge in [0.15, 0.2) is 5.11 Å².